The smallest absolute Gasteiger partial charge is 0.338 e. The first-order valence-electron chi connectivity index (χ1n) is 10.7. The molecule has 2 rings (SSSR count). The Kier molecular flexibility index (Phi) is 7.23. The van der Waals surface area contributed by atoms with E-state index in [-0.39, 0.29) is 22.3 Å². The van der Waals surface area contributed by atoms with Crippen LogP contribution in [0.5, 0.6) is 5.75 Å². The average molecular weight is 427 g/mol. The first-order chi connectivity index (χ1) is 13.7. The van der Waals surface area contributed by atoms with Crippen molar-refractivity contribution in [1.29, 1.82) is 0 Å². The quantitative estimate of drug-likeness (QED) is 0.356. The van der Waals surface area contributed by atoms with Crippen molar-refractivity contribution in [3.8, 4) is 5.75 Å². The molecule has 30 heavy (non-hydrogen) atoms. The molecule has 0 aliphatic carbocycles. The lowest BCUT2D eigenvalue weighted by Crippen LogP contribution is -2.43. The van der Waals surface area contributed by atoms with Crippen LogP contribution < -0.4 is 4.43 Å². The lowest BCUT2D eigenvalue weighted by molar-refractivity contribution is 0.0598. The van der Waals surface area contributed by atoms with Gasteiger partial charge in [-0.1, -0.05) is 71.9 Å². The van der Waals surface area contributed by atoms with Crippen molar-refractivity contribution in [2.75, 3.05) is 7.11 Å². The summed E-state index contributed by atoms with van der Waals surface area (Å²) in [6.07, 6.45) is 0.907. The van der Waals surface area contributed by atoms with E-state index in [0.717, 1.165) is 17.7 Å². The van der Waals surface area contributed by atoms with Crippen molar-refractivity contribution in [2.45, 2.75) is 72.0 Å². The predicted octanol–water partition coefficient (Wildman–Crippen LogP) is 7.43. The number of hydrogen-bond donors (Lipinski definition) is 0. The van der Waals surface area contributed by atoms with Crippen molar-refractivity contribution < 1.29 is 14.0 Å². The van der Waals surface area contributed by atoms with Crippen molar-refractivity contribution in [3.63, 3.8) is 0 Å². The monoisotopic (exact) mass is 426 g/mol. The van der Waals surface area contributed by atoms with Crippen LogP contribution in [0.15, 0.2) is 48.5 Å². The average Bonchev–Trinajstić information content (AvgIpc) is 2.64. The largest absolute Gasteiger partial charge is 0.543 e. The number of methoxy groups -OCH3 is 1. The summed E-state index contributed by atoms with van der Waals surface area (Å²) in [7, 11) is -0.561. The molecule has 0 spiro atoms. The van der Waals surface area contributed by atoms with Crippen LogP contribution in [-0.4, -0.2) is 21.4 Å². The highest BCUT2D eigenvalue weighted by Crippen LogP contribution is 2.41. The van der Waals surface area contributed by atoms with Crippen molar-refractivity contribution in [1.82, 2.24) is 0 Å². The number of carbonyl (C=O) groups excluding carboxylic acids is 1. The van der Waals surface area contributed by atoms with E-state index in [1.54, 1.807) is 0 Å². The van der Waals surface area contributed by atoms with Crippen molar-refractivity contribution in [3.05, 3.63) is 65.2 Å². The number of hydrogen-bond acceptors (Lipinski definition) is 3. The molecule has 2 aromatic rings. The Morgan fingerprint density at radius 1 is 0.967 bits per heavy atom. The summed E-state index contributed by atoms with van der Waals surface area (Å²) >= 11 is 0. The van der Waals surface area contributed by atoms with Gasteiger partial charge in [-0.25, -0.2) is 4.79 Å². The molecule has 0 saturated carbocycles. The van der Waals surface area contributed by atoms with Gasteiger partial charge >= 0.3 is 5.97 Å². The summed E-state index contributed by atoms with van der Waals surface area (Å²) in [6, 6.07) is 16.2. The number of rotatable bonds is 6. The zero-order valence-electron chi connectivity index (χ0n) is 20.1. The molecule has 0 aliphatic heterocycles. The summed E-state index contributed by atoms with van der Waals surface area (Å²) < 4.78 is 11.7. The first-order valence-corrected chi connectivity index (χ1v) is 13.6. The number of esters is 1. The molecule has 164 valence electrons. The minimum absolute atomic E-state index is 0.0725. The van der Waals surface area contributed by atoms with Gasteiger partial charge in [0.2, 0.25) is 8.32 Å². The minimum Gasteiger partial charge on any atom is -0.543 e. The number of benzene rings is 2. The Labute approximate surface area is 183 Å². The third kappa shape index (κ3) is 5.97. The van der Waals surface area contributed by atoms with Crippen LogP contribution in [0, 0.1) is 5.41 Å². The fraction of sp³-hybridized carbons (Fsp3) is 0.500. The summed E-state index contributed by atoms with van der Waals surface area (Å²) in [5, 5.41) is 0.0957. The Morgan fingerprint density at radius 2 is 1.57 bits per heavy atom. The summed E-state index contributed by atoms with van der Waals surface area (Å²) in [5.41, 5.74) is 2.86. The van der Waals surface area contributed by atoms with Crippen LogP contribution in [0.2, 0.25) is 18.1 Å². The van der Waals surface area contributed by atoms with Crippen molar-refractivity contribution >= 4 is 14.3 Å². The molecule has 0 amide bonds. The van der Waals surface area contributed by atoms with Gasteiger partial charge in [0.15, 0.2) is 0 Å². The minimum atomic E-state index is -2.00. The van der Waals surface area contributed by atoms with Crippen molar-refractivity contribution in [2.24, 2.45) is 5.41 Å². The molecular formula is C26H38O3Si. The Bertz CT molecular complexity index is 858. The second-order valence-corrected chi connectivity index (χ2v) is 15.6. The van der Waals surface area contributed by atoms with Gasteiger partial charge in [0.05, 0.1) is 12.7 Å². The van der Waals surface area contributed by atoms with Gasteiger partial charge in [-0.2, -0.15) is 0 Å². The van der Waals surface area contributed by atoms with Gasteiger partial charge in [-0.3, -0.25) is 0 Å². The zero-order valence-corrected chi connectivity index (χ0v) is 21.1. The standard InChI is InChI=1S/C26H38O3Si/c1-25(2,3)18-23(19-13-11-10-12-14-19)22-17-20(15-16-21(22)24(27)28-7)29-30(8,9)26(4,5)6/h10-17,23H,18H2,1-9H3/t23-/m0/s1. The summed E-state index contributed by atoms with van der Waals surface area (Å²) in [4.78, 5) is 12.6. The van der Waals surface area contributed by atoms with E-state index in [1.165, 1.54) is 12.7 Å². The van der Waals surface area contributed by atoms with Crippen LogP contribution in [0.3, 0.4) is 0 Å². The molecule has 0 radical (unpaired) electrons. The SMILES string of the molecule is COC(=O)c1ccc(O[Si](C)(C)C(C)(C)C)cc1[C@@H](CC(C)(C)C)c1ccccc1. The molecule has 0 fully saturated rings. The van der Waals surface area contributed by atoms with Gasteiger partial charge in [0.1, 0.15) is 5.75 Å². The number of carbonyl (C=O) groups is 1. The molecule has 0 aliphatic rings. The molecule has 2 aromatic carbocycles. The third-order valence-electron chi connectivity index (χ3n) is 6.00. The second-order valence-electron chi connectivity index (χ2n) is 10.8. The van der Waals surface area contributed by atoms with E-state index in [1.807, 2.05) is 18.2 Å². The molecular weight excluding hydrogens is 388 g/mol. The molecule has 4 heteroatoms. The maximum absolute atomic E-state index is 12.6. The van der Waals surface area contributed by atoms with Crippen LogP contribution in [0.25, 0.3) is 0 Å². The first kappa shape index (κ1) is 24.2. The normalized spacial score (nSPS) is 13.6. The van der Waals surface area contributed by atoms with E-state index in [9.17, 15) is 4.79 Å². The van der Waals surface area contributed by atoms with Gasteiger partial charge in [-0.15, -0.1) is 0 Å². The van der Waals surface area contributed by atoms with Crippen LogP contribution in [0.1, 0.15) is 75.4 Å². The molecule has 0 heterocycles. The highest BCUT2D eigenvalue weighted by atomic mass is 28.4. The lowest BCUT2D eigenvalue weighted by atomic mass is 9.76. The summed E-state index contributed by atoms with van der Waals surface area (Å²) in [6.45, 7) is 17.9. The Balaban J connectivity index is 2.63. The van der Waals surface area contributed by atoms with E-state index in [0.29, 0.717) is 5.56 Å². The fourth-order valence-corrected chi connectivity index (χ4v) is 4.36. The molecule has 1 atom stereocenters. The van der Waals surface area contributed by atoms with E-state index >= 15 is 0 Å². The highest BCUT2D eigenvalue weighted by Gasteiger charge is 2.39. The number of ether oxygens (including phenoxy) is 1. The lowest BCUT2D eigenvalue weighted by Gasteiger charge is -2.37. The van der Waals surface area contributed by atoms with E-state index in [4.69, 9.17) is 9.16 Å². The van der Waals surface area contributed by atoms with Crippen LogP contribution in [-0.2, 0) is 4.74 Å². The predicted molar refractivity (Wildman–Crippen MR) is 128 cm³/mol. The Hall–Kier alpha value is -2.07. The molecule has 0 bridgehead atoms. The maximum Gasteiger partial charge on any atom is 0.338 e. The van der Waals surface area contributed by atoms with Gasteiger partial charge < -0.3 is 9.16 Å². The maximum atomic E-state index is 12.6. The van der Waals surface area contributed by atoms with Gasteiger partial charge in [-0.05, 0) is 59.3 Å². The topological polar surface area (TPSA) is 35.5 Å². The van der Waals surface area contributed by atoms with Gasteiger partial charge in [0, 0.05) is 5.92 Å². The summed E-state index contributed by atoms with van der Waals surface area (Å²) in [5.74, 6) is 0.598. The van der Waals surface area contributed by atoms with Crippen LogP contribution in [0.4, 0.5) is 0 Å². The molecule has 0 unspecified atom stereocenters. The molecule has 3 nitrogen and oxygen atoms in total. The zero-order chi connectivity index (χ0) is 22.7. The molecule has 0 aromatic heterocycles. The Morgan fingerprint density at radius 3 is 2.07 bits per heavy atom. The molecule has 0 N–H and O–H groups in total. The fourth-order valence-electron chi connectivity index (χ4n) is 3.34. The molecule has 0 saturated heterocycles. The van der Waals surface area contributed by atoms with E-state index < -0.39 is 8.32 Å². The third-order valence-corrected chi connectivity index (χ3v) is 10.4. The van der Waals surface area contributed by atoms with E-state index in [2.05, 4.69) is 85.0 Å². The second kappa shape index (κ2) is 8.97. The van der Waals surface area contributed by atoms with Gasteiger partial charge in [0.25, 0.3) is 0 Å². The van der Waals surface area contributed by atoms with Crippen LogP contribution >= 0.6 is 0 Å². The highest BCUT2D eigenvalue weighted by molar-refractivity contribution is 6.74.